The van der Waals surface area contributed by atoms with Crippen molar-refractivity contribution in [2.45, 2.75) is 52.0 Å². The van der Waals surface area contributed by atoms with E-state index in [0.29, 0.717) is 19.3 Å². The van der Waals surface area contributed by atoms with E-state index in [1.807, 2.05) is 6.92 Å². The van der Waals surface area contributed by atoms with Crippen molar-refractivity contribution >= 4 is 11.9 Å². The smallest absolute Gasteiger partial charge is 0.306 e. The van der Waals surface area contributed by atoms with Gasteiger partial charge in [0.2, 0.25) is 5.91 Å². The second-order valence-electron chi connectivity index (χ2n) is 4.47. The molecule has 0 aliphatic rings. The standard InChI is InChI=1S/C13H23NO3/c1-4-5-9-12(15)14-11(3)8-6-7-10(2)13(16)17/h4,10-11H,1,5-9H2,2-3H3,(H,14,15)(H,16,17). The number of carboxylic acid groups (broad SMARTS) is 1. The Bertz CT molecular complexity index is 263. The second-order valence-corrected chi connectivity index (χ2v) is 4.47. The third-order valence-corrected chi connectivity index (χ3v) is 2.68. The van der Waals surface area contributed by atoms with Gasteiger partial charge in [-0.2, -0.15) is 0 Å². The predicted octanol–water partition coefficient (Wildman–Crippen LogP) is 2.35. The van der Waals surface area contributed by atoms with Gasteiger partial charge in [-0.05, 0) is 26.2 Å². The van der Waals surface area contributed by atoms with E-state index in [4.69, 9.17) is 5.11 Å². The lowest BCUT2D eigenvalue weighted by atomic mass is 10.0. The van der Waals surface area contributed by atoms with E-state index in [2.05, 4.69) is 11.9 Å². The molecule has 1 amide bonds. The average Bonchev–Trinajstić information content (AvgIpc) is 2.25. The zero-order chi connectivity index (χ0) is 13.3. The van der Waals surface area contributed by atoms with Crippen LogP contribution in [-0.4, -0.2) is 23.0 Å². The molecule has 2 unspecified atom stereocenters. The monoisotopic (exact) mass is 241 g/mol. The molecule has 0 spiro atoms. The summed E-state index contributed by atoms with van der Waals surface area (Å²) in [5, 5.41) is 11.6. The molecule has 0 bridgehead atoms. The minimum atomic E-state index is -0.757. The molecule has 0 aliphatic heterocycles. The quantitative estimate of drug-likeness (QED) is 0.609. The summed E-state index contributed by atoms with van der Waals surface area (Å²) in [6.07, 6.45) is 5.17. The minimum absolute atomic E-state index is 0.0312. The lowest BCUT2D eigenvalue weighted by molar-refractivity contribution is -0.141. The van der Waals surface area contributed by atoms with E-state index in [0.717, 1.165) is 12.8 Å². The van der Waals surface area contributed by atoms with Gasteiger partial charge in [-0.3, -0.25) is 9.59 Å². The number of hydrogen-bond donors (Lipinski definition) is 2. The fourth-order valence-electron chi connectivity index (χ4n) is 1.51. The zero-order valence-electron chi connectivity index (χ0n) is 10.7. The summed E-state index contributed by atoms with van der Waals surface area (Å²) in [5.41, 5.74) is 0. The average molecular weight is 241 g/mol. The van der Waals surface area contributed by atoms with Crippen LogP contribution in [-0.2, 0) is 9.59 Å². The third-order valence-electron chi connectivity index (χ3n) is 2.68. The molecule has 0 aromatic rings. The van der Waals surface area contributed by atoms with E-state index in [1.165, 1.54) is 0 Å². The summed E-state index contributed by atoms with van der Waals surface area (Å²) in [6, 6.07) is 0.105. The van der Waals surface area contributed by atoms with Crippen LogP contribution in [0.1, 0.15) is 46.0 Å². The van der Waals surface area contributed by atoms with Gasteiger partial charge < -0.3 is 10.4 Å². The van der Waals surface area contributed by atoms with Crippen LogP contribution < -0.4 is 5.32 Å². The first-order chi connectivity index (χ1) is 7.97. The number of rotatable bonds is 9. The van der Waals surface area contributed by atoms with Gasteiger partial charge in [-0.1, -0.05) is 19.4 Å². The van der Waals surface area contributed by atoms with Crippen molar-refractivity contribution in [3.63, 3.8) is 0 Å². The first-order valence-corrected chi connectivity index (χ1v) is 6.10. The van der Waals surface area contributed by atoms with Crippen LogP contribution in [0.25, 0.3) is 0 Å². The molecular formula is C13H23NO3. The molecule has 4 heteroatoms. The molecule has 0 aromatic carbocycles. The normalized spacial score (nSPS) is 13.8. The molecule has 0 aliphatic carbocycles. The van der Waals surface area contributed by atoms with Crippen molar-refractivity contribution in [1.29, 1.82) is 0 Å². The second kappa shape index (κ2) is 8.79. The van der Waals surface area contributed by atoms with E-state index >= 15 is 0 Å². The number of nitrogens with one attached hydrogen (secondary N) is 1. The Morgan fingerprint density at radius 2 is 2.00 bits per heavy atom. The van der Waals surface area contributed by atoms with Crippen LogP contribution in [0.2, 0.25) is 0 Å². The predicted molar refractivity (Wildman–Crippen MR) is 67.7 cm³/mol. The van der Waals surface area contributed by atoms with Crippen molar-refractivity contribution < 1.29 is 14.7 Å². The SMILES string of the molecule is C=CCCC(=O)NC(C)CCCC(C)C(=O)O. The summed E-state index contributed by atoms with van der Waals surface area (Å²) in [7, 11) is 0. The van der Waals surface area contributed by atoms with E-state index in [-0.39, 0.29) is 17.9 Å². The molecule has 0 saturated carbocycles. The number of carbonyl (C=O) groups excluding carboxylic acids is 1. The van der Waals surface area contributed by atoms with Crippen molar-refractivity contribution in [3.05, 3.63) is 12.7 Å². The summed E-state index contributed by atoms with van der Waals surface area (Å²) in [4.78, 5) is 22.0. The highest BCUT2D eigenvalue weighted by Crippen LogP contribution is 2.09. The van der Waals surface area contributed by atoms with Crippen LogP contribution in [0.4, 0.5) is 0 Å². The number of carbonyl (C=O) groups is 2. The molecule has 2 atom stereocenters. The molecule has 0 radical (unpaired) electrons. The topological polar surface area (TPSA) is 66.4 Å². The number of hydrogen-bond acceptors (Lipinski definition) is 2. The fourth-order valence-corrected chi connectivity index (χ4v) is 1.51. The molecule has 0 heterocycles. The summed E-state index contributed by atoms with van der Waals surface area (Å²) >= 11 is 0. The summed E-state index contributed by atoms with van der Waals surface area (Å²) in [6.45, 7) is 7.21. The van der Waals surface area contributed by atoms with Gasteiger partial charge in [0.15, 0.2) is 0 Å². The summed E-state index contributed by atoms with van der Waals surface area (Å²) < 4.78 is 0. The van der Waals surface area contributed by atoms with Gasteiger partial charge in [-0.25, -0.2) is 0 Å². The number of amides is 1. The Labute approximate surface area is 103 Å². The molecule has 0 aromatic heterocycles. The zero-order valence-corrected chi connectivity index (χ0v) is 10.7. The lowest BCUT2D eigenvalue weighted by Crippen LogP contribution is -2.32. The maximum Gasteiger partial charge on any atom is 0.306 e. The van der Waals surface area contributed by atoms with Crippen LogP contribution in [0.5, 0.6) is 0 Å². The van der Waals surface area contributed by atoms with Gasteiger partial charge in [0.1, 0.15) is 0 Å². The Balaban J connectivity index is 3.65. The van der Waals surface area contributed by atoms with Crippen LogP contribution in [0, 0.1) is 5.92 Å². The van der Waals surface area contributed by atoms with E-state index < -0.39 is 5.97 Å². The van der Waals surface area contributed by atoms with Gasteiger partial charge in [0, 0.05) is 12.5 Å². The lowest BCUT2D eigenvalue weighted by Gasteiger charge is -2.14. The van der Waals surface area contributed by atoms with E-state index in [9.17, 15) is 9.59 Å². The molecule has 2 N–H and O–H groups in total. The maximum absolute atomic E-state index is 11.4. The third kappa shape index (κ3) is 8.48. The Kier molecular flexibility index (Phi) is 8.11. The molecule has 0 rings (SSSR count). The largest absolute Gasteiger partial charge is 0.481 e. The first kappa shape index (κ1) is 15.7. The van der Waals surface area contributed by atoms with Crippen LogP contribution in [0.3, 0.4) is 0 Å². The fraction of sp³-hybridized carbons (Fsp3) is 0.692. The Morgan fingerprint density at radius 3 is 2.53 bits per heavy atom. The highest BCUT2D eigenvalue weighted by molar-refractivity contribution is 5.76. The molecule has 0 saturated heterocycles. The van der Waals surface area contributed by atoms with Crippen LogP contribution >= 0.6 is 0 Å². The highest BCUT2D eigenvalue weighted by atomic mass is 16.4. The number of aliphatic carboxylic acids is 1. The number of carboxylic acids is 1. The van der Waals surface area contributed by atoms with Crippen molar-refractivity contribution in [2.75, 3.05) is 0 Å². The molecule has 4 nitrogen and oxygen atoms in total. The Morgan fingerprint density at radius 1 is 1.35 bits per heavy atom. The van der Waals surface area contributed by atoms with Crippen LogP contribution in [0.15, 0.2) is 12.7 Å². The first-order valence-electron chi connectivity index (χ1n) is 6.10. The Hall–Kier alpha value is -1.32. The molecule has 0 fully saturated rings. The number of allylic oxidation sites excluding steroid dienone is 1. The molecular weight excluding hydrogens is 218 g/mol. The van der Waals surface area contributed by atoms with Gasteiger partial charge in [-0.15, -0.1) is 6.58 Å². The maximum atomic E-state index is 11.4. The van der Waals surface area contributed by atoms with Crippen molar-refractivity contribution in [2.24, 2.45) is 5.92 Å². The van der Waals surface area contributed by atoms with Crippen molar-refractivity contribution in [1.82, 2.24) is 5.32 Å². The van der Waals surface area contributed by atoms with Gasteiger partial charge in [0.05, 0.1) is 5.92 Å². The summed E-state index contributed by atoms with van der Waals surface area (Å²) in [5.74, 6) is -1.03. The highest BCUT2D eigenvalue weighted by Gasteiger charge is 2.12. The molecule has 98 valence electrons. The minimum Gasteiger partial charge on any atom is -0.481 e. The van der Waals surface area contributed by atoms with E-state index in [1.54, 1.807) is 13.0 Å². The van der Waals surface area contributed by atoms with Gasteiger partial charge >= 0.3 is 5.97 Å². The molecule has 17 heavy (non-hydrogen) atoms. The van der Waals surface area contributed by atoms with Crippen molar-refractivity contribution in [3.8, 4) is 0 Å². The van der Waals surface area contributed by atoms with Gasteiger partial charge in [0.25, 0.3) is 0 Å².